The van der Waals surface area contributed by atoms with Crippen LogP contribution in [0.4, 0.5) is 0 Å². The number of rotatable bonds is 5. The topological polar surface area (TPSA) is 81.2 Å². The van der Waals surface area contributed by atoms with Crippen molar-refractivity contribution >= 4 is 5.91 Å². The van der Waals surface area contributed by atoms with E-state index < -0.39 is 0 Å². The number of hydrogen-bond acceptors (Lipinski definition) is 5. The number of benzene rings is 1. The Kier molecular flexibility index (Phi) is 4.23. The van der Waals surface area contributed by atoms with Crippen molar-refractivity contribution in [2.24, 2.45) is 0 Å². The van der Waals surface area contributed by atoms with Crippen LogP contribution < -0.4 is 5.32 Å². The van der Waals surface area contributed by atoms with Crippen molar-refractivity contribution < 1.29 is 13.7 Å². The van der Waals surface area contributed by atoms with E-state index in [0.717, 1.165) is 11.3 Å². The summed E-state index contributed by atoms with van der Waals surface area (Å²) < 4.78 is 10.2. The molecule has 0 radical (unpaired) electrons. The van der Waals surface area contributed by atoms with E-state index in [1.807, 2.05) is 19.1 Å². The zero-order valence-electron chi connectivity index (χ0n) is 12.9. The number of carbonyl (C=O) groups excluding carboxylic acids is 1. The molecule has 0 aliphatic carbocycles. The highest BCUT2D eigenvalue weighted by molar-refractivity contribution is 5.94. The van der Waals surface area contributed by atoms with Crippen molar-refractivity contribution in [1.82, 2.24) is 15.5 Å². The zero-order valence-corrected chi connectivity index (χ0v) is 12.9. The summed E-state index contributed by atoms with van der Waals surface area (Å²) in [5.74, 6) is 1.75. The van der Waals surface area contributed by atoms with Gasteiger partial charge in [0.05, 0.1) is 6.26 Å². The minimum absolute atomic E-state index is 0.0202. The van der Waals surface area contributed by atoms with Crippen LogP contribution in [0.15, 0.2) is 51.6 Å². The molecule has 0 saturated heterocycles. The molecule has 0 spiro atoms. The summed E-state index contributed by atoms with van der Waals surface area (Å²) >= 11 is 0. The first-order chi connectivity index (χ1) is 11.1. The van der Waals surface area contributed by atoms with Crippen LogP contribution in [0.1, 0.15) is 28.9 Å². The van der Waals surface area contributed by atoms with Crippen LogP contribution in [0.25, 0.3) is 11.4 Å². The van der Waals surface area contributed by atoms with E-state index in [2.05, 4.69) is 15.5 Å². The fraction of sp³-hybridized carbons (Fsp3) is 0.235. The number of carbonyl (C=O) groups is 1. The number of aromatic nitrogens is 2. The van der Waals surface area contributed by atoms with E-state index in [1.54, 1.807) is 37.5 Å². The summed E-state index contributed by atoms with van der Waals surface area (Å²) in [6.45, 7) is 3.68. The molecule has 3 aromatic rings. The van der Waals surface area contributed by atoms with Gasteiger partial charge in [0.1, 0.15) is 5.76 Å². The summed E-state index contributed by atoms with van der Waals surface area (Å²) in [6.07, 6.45) is 2.28. The van der Waals surface area contributed by atoms with Crippen molar-refractivity contribution in [3.8, 4) is 11.4 Å². The van der Waals surface area contributed by atoms with E-state index in [-0.39, 0.29) is 11.9 Å². The van der Waals surface area contributed by atoms with Crippen LogP contribution in [0.3, 0.4) is 0 Å². The van der Waals surface area contributed by atoms with Gasteiger partial charge in [0.25, 0.3) is 5.91 Å². The van der Waals surface area contributed by atoms with Crippen LogP contribution in [-0.4, -0.2) is 22.1 Å². The number of amides is 1. The predicted molar refractivity (Wildman–Crippen MR) is 83.8 cm³/mol. The number of nitrogens with zero attached hydrogens (tertiary/aromatic N) is 2. The molecule has 6 heteroatoms. The third kappa shape index (κ3) is 3.66. The maximum absolute atomic E-state index is 12.2. The zero-order chi connectivity index (χ0) is 16.2. The molecule has 1 aromatic carbocycles. The van der Waals surface area contributed by atoms with Crippen LogP contribution >= 0.6 is 0 Å². The van der Waals surface area contributed by atoms with Gasteiger partial charge in [-0.1, -0.05) is 17.3 Å². The number of nitrogens with one attached hydrogen (secondary N) is 1. The predicted octanol–water partition coefficient (Wildman–Crippen LogP) is 3.00. The second-order valence-electron chi connectivity index (χ2n) is 5.37. The van der Waals surface area contributed by atoms with Crippen LogP contribution in [0, 0.1) is 6.92 Å². The van der Waals surface area contributed by atoms with Crippen LogP contribution in [0.2, 0.25) is 0 Å². The van der Waals surface area contributed by atoms with Gasteiger partial charge in [-0.25, -0.2) is 0 Å². The van der Waals surface area contributed by atoms with E-state index >= 15 is 0 Å². The molecule has 6 nitrogen and oxygen atoms in total. The first-order valence-corrected chi connectivity index (χ1v) is 7.36. The van der Waals surface area contributed by atoms with Crippen LogP contribution in [0.5, 0.6) is 0 Å². The van der Waals surface area contributed by atoms with E-state index in [0.29, 0.717) is 23.7 Å². The molecule has 1 N–H and O–H groups in total. The van der Waals surface area contributed by atoms with Crippen molar-refractivity contribution in [2.45, 2.75) is 26.3 Å². The van der Waals surface area contributed by atoms with Gasteiger partial charge < -0.3 is 14.3 Å². The first kappa shape index (κ1) is 15.0. The molecule has 1 amide bonds. The molecule has 0 fully saturated rings. The summed E-state index contributed by atoms with van der Waals surface area (Å²) in [6, 6.07) is 10.8. The Labute approximate surface area is 133 Å². The molecule has 2 heterocycles. The highest BCUT2D eigenvalue weighted by Gasteiger charge is 2.12. The van der Waals surface area contributed by atoms with Crippen LogP contribution in [-0.2, 0) is 6.42 Å². The first-order valence-electron chi connectivity index (χ1n) is 7.36. The lowest BCUT2D eigenvalue weighted by atomic mass is 10.1. The smallest absolute Gasteiger partial charge is 0.251 e. The molecule has 0 bridgehead atoms. The Balaban J connectivity index is 1.63. The van der Waals surface area contributed by atoms with Gasteiger partial charge in [-0.2, -0.15) is 4.98 Å². The highest BCUT2D eigenvalue weighted by atomic mass is 16.5. The largest absolute Gasteiger partial charge is 0.469 e. The van der Waals surface area contributed by atoms with Crippen molar-refractivity contribution in [1.29, 1.82) is 0 Å². The molecule has 0 aliphatic heterocycles. The van der Waals surface area contributed by atoms with E-state index in [9.17, 15) is 4.79 Å². The Morgan fingerprint density at radius 1 is 1.26 bits per heavy atom. The summed E-state index contributed by atoms with van der Waals surface area (Å²) in [4.78, 5) is 16.4. The van der Waals surface area contributed by atoms with Gasteiger partial charge in [-0.05, 0) is 31.2 Å². The molecule has 0 saturated carbocycles. The minimum atomic E-state index is -0.125. The maximum atomic E-state index is 12.2. The SMILES string of the molecule is Cc1nc(-c2ccc(C(=O)NC(C)Cc3ccco3)cc2)no1. The molecule has 3 rings (SSSR count). The maximum Gasteiger partial charge on any atom is 0.251 e. The number of furan rings is 1. The lowest BCUT2D eigenvalue weighted by Crippen LogP contribution is -2.33. The van der Waals surface area contributed by atoms with Gasteiger partial charge in [-0.15, -0.1) is 0 Å². The quantitative estimate of drug-likeness (QED) is 0.783. The Morgan fingerprint density at radius 2 is 2.04 bits per heavy atom. The third-order valence-electron chi connectivity index (χ3n) is 3.40. The Morgan fingerprint density at radius 3 is 2.65 bits per heavy atom. The van der Waals surface area contributed by atoms with E-state index in [1.165, 1.54) is 0 Å². The van der Waals surface area contributed by atoms with Gasteiger partial charge >= 0.3 is 0 Å². The lowest BCUT2D eigenvalue weighted by Gasteiger charge is -2.12. The molecular weight excluding hydrogens is 294 g/mol. The monoisotopic (exact) mass is 311 g/mol. The molecule has 23 heavy (non-hydrogen) atoms. The summed E-state index contributed by atoms with van der Waals surface area (Å²) in [5.41, 5.74) is 1.39. The Hall–Kier alpha value is -2.89. The molecule has 1 atom stereocenters. The van der Waals surface area contributed by atoms with Gasteiger partial charge in [0.15, 0.2) is 0 Å². The molecule has 1 unspecified atom stereocenters. The molecule has 2 aromatic heterocycles. The molecule has 118 valence electrons. The third-order valence-corrected chi connectivity index (χ3v) is 3.40. The second-order valence-corrected chi connectivity index (χ2v) is 5.37. The average molecular weight is 311 g/mol. The second kappa shape index (κ2) is 6.48. The minimum Gasteiger partial charge on any atom is -0.469 e. The number of hydrogen-bond donors (Lipinski definition) is 1. The number of aryl methyl sites for hydroxylation is 1. The fourth-order valence-corrected chi connectivity index (χ4v) is 2.28. The normalized spacial score (nSPS) is 12.1. The Bertz CT molecular complexity index is 776. The van der Waals surface area contributed by atoms with Crippen molar-refractivity contribution in [2.75, 3.05) is 0 Å². The van der Waals surface area contributed by atoms with Crippen molar-refractivity contribution in [3.05, 3.63) is 59.9 Å². The molecular formula is C17H17N3O3. The van der Waals surface area contributed by atoms with Gasteiger partial charge in [0, 0.05) is 30.5 Å². The fourth-order valence-electron chi connectivity index (χ4n) is 2.28. The highest BCUT2D eigenvalue weighted by Crippen LogP contribution is 2.16. The lowest BCUT2D eigenvalue weighted by molar-refractivity contribution is 0.0939. The summed E-state index contributed by atoms with van der Waals surface area (Å²) in [5, 5.41) is 6.80. The molecule has 0 aliphatic rings. The van der Waals surface area contributed by atoms with Gasteiger partial charge in [0.2, 0.25) is 11.7 Å². The standard InChI is InChI=1S/C17H17N3O3/c1-11(10-15-4-3-9-22-15)18-17(21)14-7-5-13(6-8-14)16-19-12(2)23-20-16/h3-9,11H,10H2,1-2H3,(H,18,21). The average Bonchev–Trinajstić information content (AvgIpc) is 3.19. The summed E-state index contributed by atoms with van der Waals surface area (Å²) in [7, 11) is 0. The van der Waals surface area contributed by atoms with Gasteiger partial charge in [-0.3, -0.25) is 4.79 Å². The van der Waals surface area contributed by atoms with Crippen molar-refractivity contribution in [3.63, 3.8) is 0 Å². The van der Waals surface area contributed by atoms with E-state index in [4.69, 9.17) is 8.94 Å².